The molecule has 2 heterocycles. The van der Waals surface area contributed by atoms with Gasteiger partial charge in [-0.05, 0) is 60.4 Å². The van der Waals surface area contributed by atoms with Crippen LogP contribution in [0.5, 0.6) is 0 Å². The molecule has 17 heavy (non-hydrogen) atoms. The number of hydrogen-bond acceptors (Lipinski definition) is 3. The van der Waals surface area contributed by atoms with Gasteiger partial charge in [0, 0.05) is 23.3 Å². The van der Waals surface area contributed by atoms with Gasteiger partial charge >= 0.3 is 0 Å². The van der Waals surface area contributed by atoms with Gasteiger partial charge in [0.1, 0.15) is 5.82 Å². The van der Waals surface area contributed by atoms with Gasteiger partial charge in [-0.1, -0.05) is 6.92 Å². The highest BCUT2D eigenvalue weighted by atomic mass is 79.9. The number of nitrogens with zero attached hydrogens (tertiary/aromatic N) is 2. The molecule has 0 aliphatic carbocycles. The van der Waals surface area contributed by atoms with Gasteiger partial charge in [0.05, 0.1) is 0 Å². The molecule has 1 aromatic heterocycles. The van der Waals surface area contributed by atoms with Gasteiger partial charge in [-0.3, -0.25) is 0 Å². The van der Waals surface area contributed by atoms with Crippen molar-refractivity contribution in [1.29, 1.82) is 0 Å². The molecule has 4 heteroatoms. The Labute approximate surface area is 112 Å². The highest BCUT2D eigenvalue weighted by Gasteiger charge is 2.18. The van der Waals surface area contributed by atoms with Crippen LogP contribution < -0.4 is 5.32 Å². The molecule has 0 amide bonds. The molecule has 94 valence electrons. The van der Waals surface area contributed by atoms with E-state index in [2.05, 4.69) is 51.0 Å². The van der Waals surface area contributed by atoms with E-state index < -0.39 is 0 Å². The number of halogens is 1. The normalized spacial score (nSPS) is 21.5. The Balaban J connectivity index is 1.97. The van der Waals surface area contributed by atoms with E-state index in [-0.39, 0.29) is 0 Å². The van der Waals surface area contributed by atoms with Crippen LogP contribution in [0.25, 0.3) is 0 Å². The van der Waals surface area contributed by atoms with E-state index >= 15 is 0 Å². The van der Waals surface area contributed by atoms with Crippen molar-refractivity contribution >= 4 is 21.7 Å². The summed E-state index contributed by atoms with van der Waals surface area (Å²) in [6.07, 6.45) is 4.40. The summed E-state index contributed by atoms with van der Waals surface area (Å²) >= 11 is 3.48. The number of likely N-dealkylation sites (tertiary alicyclic amines) is 1. The number of nitrogens with one attached hydrogen (secondary N) is 1. The summed E-state index contributed by atoms with van der Waals surface area (Å²) < 4.78 is 1.07. The lowest BCUT2D eigenvalue weighted by molar-refractivity contribution is 0.226. The number of anilines is 1. The highest BCUT2D eigenvalue weighted by Crippen LogP contribution is 2.19. The molecule has 1 atom stereocenters. The second-order valence-electron chi connectivity index (χ2n) is 4.70. The Kier molecular flexibility index (Phi) is 4.40. The molecule has 1 unspecified atom stereocenters. The van der Waals surface area contributed by atoms with E-state index in [9.17, 15) is 0 Å². The van der Waals surface area contributed by atoms with Crippen molar-refractivity contribution < 1.29 is 0 Å². The number of hydrogen-bond donors (Lipinski definition) is 1. The molecular weight excluding hydrogens is 278 g/mol. The predicted molar refractivity (Wildman–Crippen MR) is 75.4 cm³/mol. The van der Waals surface area contributed by atoms with Crippen LogP contribution in [0.1, 0.15) is 25.3 Å². The van der Waals surface area contributed by atoms with Crippen LogP contribution in [0.2, 0.25) is 0 Å². The quantitative estimate of drug-likeness (QED) is 0.929. The number of likely N-dealkylation sites (N-methyl/N-ethyl adjacent to an activating group) is 1. The third-order valence-corrected chi connectivity index (χ3v) is 4.18. The Morgan fingerprint density at radius 2 is 2.41 bits per heavy atom. The zero-order valence-corrected chi connectivity index (χ0v) is 12.1. The minimum atomic E-state index is 0.539. The van der Waals surface area contributed by atoms with E-state index in [1.807, 2.05) is 6.20 Å². The third kappa shape index (κ3) is 3.42. The van der Waals surface area contributed by atoms with E-state index in [4.69, 9.17) is 0 Å². The summed E-state index contributed by atoms with van der Waals surface area (Å²) in [7, 11) is 0. The number of aromatic nitrogens is 1. The zero-order valence-electron chi connectivity index (χ0n) is 10.5. The molecule has 2 rings (SSSR count). The van der Waals surface area contributed by atoms with Crippen molar-refractivity contribution in [3.05, 3.63) is 22.3 Å². The fraction of sp³-hybridized carbons (Fsp3) is 0.615. The molecule has 1 fully saturated rings. The van der Waals surface area contributed by atoms with Crippen LogP contribution in [-0.4, -0.2) is 35.6 Å². The minimum absolute atomic E-state index is 0.539. The largest absolute Gasteiger partial charge is 0.366 e. The van der Waals surface area contributed by atoms with Crippen LogP contribution in [0.15, 0.2) is 16.7 Å². The summed E-state index contributed by atoms with van der Waals surface area (Å²) in [6.45, 7) is 7.83. The Hall–Kier alpha value is -0.610. The average Bonchev–Trinajstić information content (AvgIpc) is 2.34. The van der Waals surface area contributed by atoms with Gasteiger partial charge in [0.15, 0.2) is 0 Å². The average molecular weight is 298 g/mol. The lowest BCUT2D eigenvalue weighted by Crippen LogP contribution is -2.41. The first-order valence-corrected chi connectivity index (χ1v) is 7.09. The third-order valence-electron chi connectivity index (χ3n) is 3.35. The molecule has 0 radical (unpaired) electrons. The molecule has 1 saturated heterocycles. The van der Waals surface area contributed by atoms with E-state index in [0.29, 0.717) is 6.04 Å². The Morgan fingerprint density at radius 3 is 3.12 bits per heavy atom. The smallest absolute Gasteiger partial charge is 0.126 e. The summed E-state index contributed by atoms with van der Waals surface area (Å²) in [4.78, 5) is 6.90. The first kappa shape index (κ1) is 12.8. The summed E-state index contributed by atoms with van der Waals surface area (Å²) in [5, 5.41) is 3.54. The standard InChI is InChI=1S/C13H20BrN3/c1-3-17-6-4-5-11(9-17)16-13-7-10(2)12(14)8-15-13/h7-8,11H,3-6,9H2,1-2H3,(H,15,16). The summed E-state index contributed by atoms with van der Waals surface area (Å²) in [5.74, 6) is 0.994. The van der Waals surface area contributed by atoms with Gasteiger partial charge < -0.3 is 10.2 Å². The molecule has 0 aromatic carbocycles. The van der Waals surface area contributed by atoms with Crippen LogP contribution in [0.4, 0.5) is 5.82 Å². The topological polar surface area (TPSA) is 28.2 Å². The fourth-order valence-corrected chi connectivity index (χ4v) is 2.50. The van der Waals surface area contributed by atoms with Crippen LogP contribution in [-0.2, 0) is 0 Å². The lowest BCUT2D eigenvalue weighted by atomic mass is 10.1. The van der Waals surface area contributed by atoms with Gasteiger partial charge in [0.2, 0.25) is 0 Å². The van der Waals surface area contributed by atoms with Crippen molar-refractivity contribution in [3.8, 4) is 0 Å². The van der Waals surface area contributed by atoms with Gasteiger partial charge in [-0.15, -0.1) is 0 Å². The number of pyridine rings is 1. The number of aryl methyl sites for hydroxylation is 1. The fourth-order valence-electron chi connectivity index (χ4n) is 2.29. The maximum Gasteiger partial charge on any atom is 0.126 e. The maximum atomic E-state index is 4.41. The highest BCUT2D eigenvalue weighted by molar-refractivity contribution is 9.10. The van der Waals surface area contributed by atoms with Crippen molar-refractivity contribution in [1.82, 2.24) is 9.88 Å². The molecule has 0 bridgehead atoms. The van der Waals surface area contributed by atoms with Gasteiger partial charge in [0.25, 0.3) is 0 Å². The molecule has 0 saturated carbocycles. The van der Waals surface area contributed by atoms with Crippen molar-refractivity contribution in [3.63, 3.8) is 0 Å². The predicted octanol–water partition coefficient (Wildman–Crippen LogP) is 3.05. The molecular formula is C13H20BrN3. The lowest BCUT2D eigenvalue weighted by Gasteiger charge is -2.32. The van der Waals surface area contributed by atoms with Crippen LogP contribution in [0.3, 0.4) is 0 Å². The Bertz CT molecular complexity index is 381. The van der Waals surface area contributed by atoms with E-state index in [0.717, 1.165) is 23.4 Å². The Morgan fingerprint density at radius 1 is 1.59 bits per heavy atom. The van der Waals surface area contributed by atoms with E-state index in [1.54, 1.807) is 0 Å². The molecule has 1 N–H and O–H groups in total. The zero-order chi connectivity index (χ0) is 12.3. The minimum Gasteiger partial charge on any atom is -0.366 e. The maximum absolute atomic E-state index is 4.41. The number of rotatable bonds is 3. The van der Waals surface area contributed by atoms with E-state index in [1.165, 1.54) is 24.9 Å². The first-order chi connectivity index (χ1) is 8.19. The second kappa shape index (κ2) is 5.83. The monoisotopic (exact) mass is 297 g/mol. The molecule has 0 spiro atoms. The molecule has 1 aliphatic heterocycles. The first-order valence-electron chi connectivity index (χ1n) is 6.30. The molecule has 1 aliphatic rings. The van der Waals surface area contributed by atoms with Crippen molar-refractivity contribution in [2.45, 2.75) is 32.7 Å². The summed E-state index contributed by atoms with van der Waals surface area (Å²) in [5.41, 5.74) is 1.23. The van der Waals surface area contributed by atoms with Gasteiger partial charge in [-0.2, -0.15) is 0 Å². The summed E-state index contributed by atoms with van der Waals surface area (Å²) in [6, 6.07) is 2.64. The molecule has 1 aromatic rings. The van der Waals surface area contributed by atoms with Crippen LogP contribution >= 0.6 is 15.9 Å². The SMILES string of the molecule is CCN1CCCC(Nc2cc(C)c(Br)cn2)C1. The van der Waals surface area contributed by atoms with Crippen molar-refractivity contribution in [2.75, 3.05) is 25.0 Å². The van der Waals surface area contributed by atoms with Crippen molar-refractivity contribution in [2.24, 2.45) is 0 Å². The number of piperidine rings is 1. The molecule has 3 nitrogen and oxygen atoms in total. The van der Waals surface area contributed by atoms with Crippen LogP contribution in [0, 0.1) is 6.92 Å². The van der Waals surface area contributed by atoms with Gasteiger partial charge in [-0.25, -0.2) is 4.98 Å². The second-order valence-corrected chi connectivity index (χ2v) is 5.55.